The Labute approximate surface area is 132 Å². The zero-order chi connectivity index (χ0) is 15.9. The molecule has 2 aromatic carbocycles. The second-order valence-electron chi connectivity index (χ2n) is 5.97. The van der Waals surface area contributed by atoms with Crippen molar-refractivity contribution in [2.24, 2.45) is 0 Å². The van der Waals surface area contributed by atoms with Gasteiger partial charge in [0.25, 0.3) is 0 Å². The van der Waals surface area contributed by atoms with Gasteiger partial charge in [-0.3, -0.25) is 4.79 Å². The van der Waals surface area contributed by atoms with Crippen LogP contribution in [0.1, 0.15) is 24.2 Å². The maximum atomic E-state index is 13.1. The quantitative estimate of drug-likeness (QED) is 0.778. The lowest BCUT2D eigenvalue weighted by Crippen LogP contribution is -2.34. The molecule has 5 heteroatoms. The Morgan fingerprint density at radius 2 is 1.91 bits per heavy atom. The van der Waals surface area contributed by atoms with Crippen LogP contribution in [0.4, 0.5) is 4.39 Å². The molecule has 1 aliphatic rings. The van der Waals surface area contributed by atoms with Gasteiger partial charge in [-0.15, -0.1) is 0 Å². The van der Waals surface area contributed by atoms with Crippen molar-refractivity contribution in [3.05, 3.63) is 65.7 Å². The van der Waals surface area contributed by atoms with Crippen LogP contribution in [0.5, 0.6) is 0 Å². The van der Waals surface area contributed by atoms with E-state index in [1.807, 2.05) is 24.3 Å². The van der Waals surface area contributed by atoms with E-state index in [1.165, 1.54) is 12.1 Å². The van der Waals surface area contributed by atoms with Gasteiger partial charge in [-0.1, -0.05) is 24.3 Å². The molecule has 1 amide bonds. The first-order chi connectivity index (χ1) is 11.2. The van der Waals surface area contributed by atoms with Crippen molar-refractivity contribution in [2.45, 2.75) is 24.8 Å². The maximum absolute atomic E-state index is 13.1. The Balaban J connectivity index is 1.48. The van der Waals surface area contributed by atoms with Crippen molar-refractivity contribution in [3.8, 4) is 0 Å². The van der Waals surface area contributed by atoms with Gasteiger partial charge in [0.15, 0.2) is 0 Å². The third-order valence-corrected chi connectivity index (χ3v) is 4.44. The summed E-state index contributed by atoms with van der Waals surface area (Å²) in [5.74, 6) is 0.422. The molecule has 2 N–H and O–H groups in total. The summed E-state index contributed by atoms with van der Waals surface area (Å²) >= 11 is 0. The molecular weight excluding hydrogens is 293 g/mol. The number of hydrogen-bond donors (Lipinski definition) is 2. The fourth-order valence-electron chi connectivity index (χ4n) is 2.96. The number of rotatable bonds is 4. The van der Waals surface area contributed by atoms with Gasteiger partial charge in [-0.25, -0.2) is 9.37 Å². The van der Waals surface area contributed by atoms with Crippen LogP contribution in [0.2, 0.25) is 0 Å². The van der Waals surface area contributed by atoms with E-state index >= 15 is 0 Å². The molecule has 4 nitrogen and oxygen atoms in total. The molecule has 1 aromatic heterocycles. The third-order valence-electron chi connectivity index (χ3n) is 4.44. The van der Waals surface area contributed by atoms with E-state index in [9.17, 15) is 9.18 Å². The zero-order valence-corrected chi connectivity index (χ0v) is 12.5. The largest absolute Gasteiger partial charge is 0.348 e. The Bertz CT molecular complexity index is 832. The minimum atomic E-state index is -0.500. The molecule has 0 bridgehead atoms. The molecule has 0 spiro atoms. The Morgan fingerprint density at radius 3 is 2.61 bits per heavy atom. The Hall–Kier alpha value is -2.69. The van der Waals surface area contributed by atoms with E-state index < -0.39 is 5.41 Å². The average Bonchev–Trinajstić information content (AvgIpc) is 3.27. The molecule has 0 atom stereocenters. The summed E-state index contributed by atoms with van der Waals surface area (Å²) in [6, 6.07) is 14.0. The molecule has 1 aliphatic carbocycles. The third kappa shape index (κ3) is 2.48. The molecule has 0 aliphatic heterocycles. The molecule has 23 heavy (non-hydrogen) atoms. The summed E-state index contributed by atoms with van der Waals surface area (Å²) in [5.41, 5.74) is 2.22. The maximum Gasteiger partial charge on any atom is 0.231 e. The highest BCUT2D eigenvalue weighted by Gasteiger charge is 2.51. The van der Waals surface area contributed by atoms with Crippen molar-refractivity contribution in [2.75, 3.05) is 0 Å². The highest BCUT2D eigenvalue weighted by molar-refractivity contribution is 5.91. The van der Waals surface area contributed by atoms with Crippen molar-refractivity contribution in [1.29, 1.82) is 0 Å². The fraction of sp³-hybridized carbons (Fsp3) is 0.222. The number of halogens is 1. The van der Waals surface area contributed by atoms with Gasteiger partial charge < -0.3 is 10.3 Å². The van der Waals surface area contributed by atoms with Crippen LogP contribution in [0.15, 0.2) is 48.5 Å². The molecule has 1 saturated carbocycles. The number of imidazole rings is 1. The molecule has 0 saturated heterocycles. The second-order valence-corrected chi connectivity index (χ2v) is 5.97. The number of benzene rings is 2. The van der Waals surface area contributed by atoms with Crippen LogP contribution in [-0.2, 0) is 16.8 Å². The van der Waals surface area contributed by atoms with Crippen LogP contribution in [0, 0.1) is 5.82 Å². The lowest BCUT2D eigenvalue weighted by atomic mass is 9.95. The summed E-state index contributed by atoms with van der Waals surface area (Å²) in [5, 5.41) is 2.95. The molecule has 4 rings (SSSR count). The zero-order valence-electron chi connectivity index (χ0n) is 12.5. The van der Waals surface area contributed by atoms with Crippen LogP contribution < -0.4 is 5.32 Å². The van der Waals surface area contributed by atoms with Gasteiger partial charge in [0.1, 0.15) is 11.6 Å². The molecule has 116 valence electrons. The van der Waals surface area contributed by atoms with Crippen molar-refractivity contribution in [3.63, 3.8) is 0 Å². The number of carbonyl (C=O) groups excluding carboxylic acids is 1. The molecule has 0 unspecified atom stereocenters. The minimum Gasteiger partial charge on any atom is -0.348 e. The van der Waals surface area contributed by atoms with Gasteiger partial charge in [0.05, 0.1) is 23.0 Å². The van der Waals surface area contributed by atoms with E-state index in [1.54, 1.807) is 12.1 Å². The van der Waals surface area contributed by atoms with Crippen LogP contribution in [-0.4, -0.2) is 15.9 Å². The summed E-state index contributed by atoms with van der Waals surface area (Å²) in [6.07, 6.45) is 1.59. The Kier molecular flexibility index (Phi) is 3.15. The average molecular weight is 309 g/mol. The van der Waals surface area contributed by atoms with Gasteiger partial charge in [0.2, 0.25) is 5.91 Å². The topological polar surface area (TPSA) is 57.8 Å². The number of aromatic amines is 1. The highest BCUT2D eigenvalue weighted by Crippen LogP contribution is 2.48. The Morgan fingerprint density at radius 1 is 1.17 bits per heavy atom. The second kappa shape index (κ2) is 5.19. The number of fused-ring (bicyclic) bond motifs is 1. The first-order valence-electron chi connectivity index (χ1n) is 7.65. The number of amides is 1. The molecular formula is C18H16FN3O. The van der Waals surface area contributed by atoms with Crippen LogP contribution in [0.25, 0.3) is 11.0 Å². The van der Waals surface area contributed by atoms with Crippen molar-refractivity contribution >= 4 is 16.9 Å². The first-order valence-corrected chi connectivity index (χ1v) is 7.65. The van der Waals surface area contributed by atoms with E-state index in [0.29, 0.717) is 6.54 Å². The molecule has 1 fully saturated rings. The van der Waals surface area contributed by atoms with E-state index in [0.717, 1.165) is 35.3 Å². The predicted octanol–water partition coefficient (Wildman–Crippen LogP) is 3.05. The van der Waals surface area contributed by atoms with Gasteiger partial charge in [-0.05, 0) is 42.7 Å². The van der Waals surface area contributed by atoms with Crippen molar-refractivity contribution in [1.82, 2.24) is 15.3 Å². The normalized spacial score (nSPS) is 15.5. The molecule has 0 radical (unpaired) electrons. The summed E-state index contributed by atoms with van der Waals surface area (Å²) in [4.78, 5) is 20.2. The minimum absolute atomic E-state index is 0.0236. The summed E-state index contributed by atoms with van der Waals surface area (Å²) < 4.78 is 13.1. The van der Waals surface area contributed by atoms with Crippen LogP contribution >= 0.6 is 0 Å². The van der Waals surface area contributed by atoms with Crippen LogP contribution in [0.3, 0.4) is 0 Å². The van der Waals surface area contributed by atoms with Gasteiger partial charge in [0, 0.05) is 0 Å². The summed E-state index contributed by atoms with van der Waals surface area (Å²) in [7, 11) is 0. The van der Waals surface area contributed by atoms with Crippen molar-refractivity contribution < 1.29 is 9.18 Å². The number of nitrogens with one attached hydrogen (secondary N) is 2. The molecule has 3 aromatic rings. The van der Waals surface area contributed by atoms with E-state index in [2.05, 4.69) is 15.3 Å². The lowest BCUT2D eigenvalue weighted by molar-refractivity contribution is -0.123. The monoisotopic (exact) mass is 309 g/mol. The number of para-hydroxylation sites is 2. The first kappa shape index (κ1) is 13.9. The predicted molar refractivity (Wildman–Crippen MR) is 85.3 cm³/mol. The number of aromatic nitrogens is 2. The van der Waals surface area contributed by atoms with E-state index in [-0.39, 0.29) is 11.7 Å². The molecule has 1 heterocycles. The van der Waals surface area contributed by atoms with Gasteiger partial charge >= 0.3 is 0 Å². The smallest absolute Gasteiger partial charge is 0.231 e. The summed E-state index contributed by atoms with van der Waals surface area (Å²) in [6.45, 7) is 0.358. The SMILES string of the molecule is O=C(NCc1nc2ccccc2[nH]1)C1(c2ccc(F)cc2)CC1. The standard InChI is InChI=1S/C18H16FN3O/c19-13-7-5-12(6-8-13)18(9-10-18)17(23)20-11-16-21-14-3-1-2-4-15(14)22-16/h1-8H,9-11H2,(H,20,23)(H,21,22). The number of hydrogen-bond acceptors (Lipinski definition) is 2. The lowest BCUT2D eigenvalue weighted by Gasteiger charge is -2.15. The number of nitrogens with zero attached hydrogens (tertiary/aromatic N) is 1. The highest BCUT2D eigenvalue weighted by atomic mass is 19.1. The van der Waals surface area contributed by atoms with E-state index in [4.69, 9.17) is 0 Å². The number of carbonyl (C=O) groups is 1. The fourth-order valence-corrected chi connectivity index (χ4v) is 2.96. The van der Waals surface area contributed by atoms with Gasteiger partial charge in [-0.2, -0.15) is 0 Å². The number of H-pyrrole nitrogens is 1.